The highest BCUT2D eigenvalue weighted by Crippen LogP contribution is 2.29. The number of allylic oxidation sites excluding steroid dienone is 5. The minimum absolute atomic E-state index is 0.296. The third kappa shape index (κ3) is 4.53. The van der Waals surface area contributed by atoms with Gasteiger partial charge in [0.1, 0.15) is 11.5 Å². The minimum Gasteiger partial charge on any atom is -0.478 e. The van der Waals surface area contributed by atoms with Crippen molar-refractivity contribution in [1.82, 2.24) is 5.16 Å². The van der Waals surface area contributed by atoms with E-state index in [-0.39, 0.29) is 0 Å². The first kappa shape index (κ1) is 18.4. The molecule has 1 heterocycles. The summed E-state index contributed by atoms with van der Waals surface area (Å²) in [5.74, 6) is -1.25. The molecule has 1 aromatic heterocycles. The molecule has 0 atom stereocenters. The van der Waals surface area contributed by atoms with Crippen LogP contribution in [-0.2, 0) is 4.79 Å². The summed E-state index contributed by atoms with van der Waals surface area (Å²) in [4.78, 5) is 10.6. The third-order valence-corrected chi connectivity index (χ3v) is 3.82. The number of carbonyl (C=O) groups is 1. The summed E-state index contributed by atoms with van der Waals surface area (Å²) in [6.07, 6.45) is 3.62. The monoisotopic (exact) mass is 341 g/mol. The molecule has 0 spiro atoms. The fourth-order valence-corrected chi connectivity index (χ4v) is 2.48. The SMILES string of the molecule is CC(C=CC(F)=C(C)c1cc(-c2c(C)cccc2C)no1)=CC(=O)O. The highest BCUT2D eigenvalue weighted by atomic mass is 19.1. The van der Waals surface area contributed by atoms with E-state index in [0.29, 0.717) is 22.6 Å². The quantitative estimate of drug-likeness (QED) is 0.596. The number of benzene rings is 1. The summed E-state index contributed by atoms with van der Waals surface area (Å²) in [6, 6.07) is 7.65. The van der Waals surface area contributed by atoms with E-state index in [9.17, 15) is 9.18 Å². The summed E-state index contributed by atoms with van der Waals surface area (Å²) in [6.45, 7) is 7.15. The Morgan fingerprint density at radius 1 is 1.20 bits per heavy atom. The molecule has 1 N–H and O–H groups in total. The molecule has 0 fully saturated rings. The summed E-state index contributed by atoms with van der Waals surface area (Å²) >= 11 is 0. The first-order valence-electron chi connectivity index (χ1n) is 7.79. The zero-order valence-electron chi connectivity index (χ0n) is 14.6. The second-order valence-electron chi connectivity index (χ2n) is 5.88. The van der Waals surface area contributed by atoms with Gasteiger partial charge in [-0.3, -0.25) is 0 Å². The second-order valence-corrected chi connectivity index (χ2v) is 5.88. The molecule has 0 unspecified atom stereocenters. The molecule has 2 aromatic rings. The van der Waals surface area contributed by atoms with Crippen LogP contribution in [0.2, 0.25) is 0 Å². The maximum Gasteiger partial charge on any atom is 0.328 e. The Balaban J connectivity index is 2.32. The topological polar surface area (TPSA) is 63.3 Å². The third-order valence-electron chi connectivity index (χ3n) is 3.82. The average molecular weight is 341 g/mol. The van der Waals surface area contributed by atoms with Crippen LogP contribution < -0.4 is 0 Å². The van der Waals surface area contributed by atoms with Crippen LogP contribution in [0.15, 0.2) is 58.4 Å². The van der Waals surface area contributed by atoms with E-state index in [1.165, 1.54) is 12.2 Å². The smallest absolute Gasteiger partial charge is 0.328 e. The molecule has 0 amide bonds. The van der Waals surface area contributed by atoms with Crippen LogP contribution in [0.5, 0.6) is 0 Å². The maximum absolute atomic E-state index is 14.3. The van der Waals surface area contributed by atoms with E-state index in [4.69, 9.17) is 9.63 Å². The maximum atomic E-state index is 14.3. The van der Waals surface area contributed by atoms with Gasteiger partial charge in [0.25, 0.3) is 0 Å². The van der Waals surface area contributed by atoms with Crippen molar-refractivity contribution in [2.24, 2.45) is 0 Å². The van der Waals surface area contributed by atoms with Crippen LogP contribution in [0.3, 0.4) is 0 Å². The lowest BCUT2D eigenvalue weighted by molar-refractivity contribution is -0.131. The molecule has 0 saturated carbocycles. The fourth-order valence-electron chi connectivity index (χ4n) is 2.48. The van der Waals surface area contributed by atoms with E-state index in [2.05, 4.69) is 5.16 Å². The van der Waals surface area contributed by atoms with Gasteiger partial charge < -0.3 is 9.63 Å². The van der Waals surface area contributed by atoms with Crippen LogP contribution in [0, 0.1) is 13.8 Å². The van der Waals surface area contributed by atoms with E-state index in [1.807, 2.05) is 32.0 Å². The van der Waals surface area contributed by atoms with Gasteiger partial charge in [-0.25, -0.2) is 9.18 Å². The number of carboxylic acids is 1. The number of hydrogen-bond acceptors (Lipinski definition) is 3. The van der Waals surface area contributed by atoms with Crippen LogP contribution in [0.4, 0.5) is 4.39 Å². The molecule has 1 aromatic carbocycles. The fraction of sp³-hybridized carbons (Fsp3) is 0.200. The number of nitrogens with zero attached hydrogens (tertiary/aromatic N) is 1. The van der Waals surface area contributed by atoms with Gasteiger partial charge >= 0.3 is 5.97 Å². The molecule has 5 heteroatoms. The van der Waals surface area contributed by atoms with Gasteiger partial charge in [0.2, 0.25) is 0 Å². The molecule has 0 aliphatic carbocycles. The van der Waals surface area contributed by atoms with E-state index in [1.54, 1.807) is 19.9 Å². The molecule has 130 valence electrons. The van der Waals surface area contributed by atoms with Gasteiger partial charge in [0.05, 0.1) is 0 Å². The molecule has 0 radical (unpaired) electrons. The number of halogens is 1. The normalized spacial score (nSPS) is 13.2. The van der Waals surface area contributed by atoms with E-state index >= 15 is 0 Å². The van der Waals surface area contributed by atoms with Gasteiger partial charge in [-0.2, -0.15) is 0 Å². The Labute approximate surface area is 146 Å². The number of aromatic nitrogens is 1. The van der Waals surface area contributed by atoms with Crippen LogP contribution in [0.25, 0.3) is 16.8 Å². The molecule has 0 bridgehead atoms. The van der Waals surface area contributed by atoms with Crippen molar-refractivity contribution in [3.63, 3.8) is 0 Å². The van der Waals surface area contributed by atoms with Crippen molar-refractivity contribution in [2.75, 3.05) is 0 Å². The van der Waals surface area contributed by atoms with Gasteiger partial charge in [-0.05, 0) is 50.5 Å². The lowest BCUT2D eigenvalue weighted by Gasteiger charge is -2.04. The van der Waals surface area contributed by atoms with Crippen molar-refractivity contribution in [3.05, 3.63) is 70.8 Å². The van der Waals surface area contributed by atoms with Crippen LogP contribution in [-0.4, -0.2) is 16.2 Å². The molecule has 4 nitrogen and oxygen atoms in total. The van der Waals surface area contributed by atoms with Crippen molar-refractivity contribution in [3.8, 4) is 11.3 Å². The van der Waals surface area contributed by atoms with Crippen molar-refractivity contribution in [1.29, 1.82) is 0 Å². The highest BCUT2D eigenvalue weighted by molar-refractivity contribution is 5.81. The lowest BCUT2D eigenvalue weighted by atomic mass is 9.99. The Morgan fingerprint density at radius 2 is 1.84 bits per heavy atom. The molecule has 2 rings (SSSR count). The predicted octanol–water partition coefficient (Wildman–Crippen LogP) is 5.25. The first-order valence-corrected chi connectivity index (χ1v) is 7.79. The Bertz CT molecular complexity index is 868. The Morgan fingerprint density at radius 3 is 2.44 bits per heavy atom. The molecular formula is C20H20FNO3. The standard InChI is InChI=1S/C20H20FNO3/c1-12(10-19(23)24)8-9-16(21)15(4)18-11-17(22-25-18)20-13(2)6-5-7-14(20)3/h5-11H,1-4H3,(H,23,24). The van der Waals surface area contributed by atoms with Crippen LogP contribution >= 0.6 is 0 Å². The van der Waals surface area contributed by atoms with Gasteiger partial charge in [-0.15, -0.1) is 0 Å². The van der Waals surface area contributed by atoms with Gasteiger partial charge in [0, 0.05) is 23.3 Å². The van der Waals surface area contributed by atoms with E-state index < -0.39 is 11.8 Å². The van der Waals surface area contributed by atoms with Crippen LogP contribution in [0.1, 0.15) is 30.7 Å². The second kappa shape index (κ2) is 7.75. The minimum atomic E-state index is -1.07. The number of aliphatic carboxylic acids is 1. The molecule has 0 aliphatic heterocycles. The number of rotatable bonds is 5. The lowest BCUT2D eigenvalue weighted by Crippen LogP contribution is -1.88. The number of hydrogen-bond donors (Lipinski definition) is 1. The Kier molecular flexibility index (Phi) is 5.70. The largest absolute Gasteiger partial charge is 0.478 e. The van der Waals surface area contributed by atoms with Gasteiger partial charge in [-0.1, -0.05) is 29.4 Å². The van der Waals surface area contributed by atoms with Crippen molar-refractivity contribution < 1.29 is 18.8 Å². The predicted molar refractivity (Wildman–Crippen MR) is 95.6 cm³/mol. The van der Waals surface area contributed by atoms with Crippen molar-refractivity contribution in [2.45, 2.75) is 27.7 Å². The van der Waals surface area contributed by atoms with Gasteiger partial charge in [0.15, 0.2) is 5.76 Å². The summed E-state index contributed by atoms with van der Waals surface area (Å²) in [5, 5.41) is 12.7. The summed E-state index contributed by atoms with van der Waals surface area (Å²) in [5.41, 5.74) is 4.49. The highest BCUT2D eigenvalue weighted by Gasteiger charge is 2.14. The number of aryl methyl sites for hydroxylation is 2. The molecule has 0 saturated heterocycles. The zero-order valence-corrected chi connectivity index (χ0v) is 14.6. The molecular weight excluding hydrogens is 321 g/mol. The molecule has 0 aliphatic rings. The first-order chi connectivity index (χ1) is 11.8. The molecule has 25 heavy (non-hydrogen) atoms. The zero-order chi connectivity index (χ0) is 18.6. The summed E-state index contributed by atoms with van der Waals surface area (Å²) in [7, 11) is 0. The number of carboxylic acid groups (broad SMARTS) is 1. The van der Waals surface area contributed by atoms with Crippen molar-refractivity contribution >= 4 is 11.5 Å². The Hall–Kier alpha value is -2.95. The summed E-state index contributed by atoms with van der Waals surface area (Å²) < 4.78 is 19.6. The average Bonchev–Trinajstić information content (AvgIpc) is 3.00. The van der Waals surface area contributed by atoms with E-state index in [0.717, 1.165) is 22.8 Å².